The number of nitrogens with zero attached hydrogens (tertiary/aromatic N) is 1. The SMILES string of the molecule is COCC(C)NC(=O)Nc1ccc(-c2nc(C)cs2)cc1. The minimum Gasteiger partial charge on any atom is -0.383 e. The van der Waals surface area contributed by atoms with Crippen LogP contribution in [0.25, 0.3) is 10.6 Å². The normalized spacial score (nSPS) is 12.0. The maximum atomic E-state index is 11.8. The monoisotopic (exact) mass is 305 g/mol. The van der Waals surface area contributed by atoms with E-state index < -0.39 is 0 Å². The summed E-state index contributed by atoms with van der Waals surface area (Å²) in [6.45, 7) is 4.34. The minimum atomic E-state index is -0.239. The molecule has 112 valence electrons. The van der Waals surface area contributed by atoms with E-state index in [1.54, 1.807) is 18.4 Å². The molecule has 0 aliphatic carbocycles. The first-order valence-corrected chi connectivity index (χ1v) is 7.55. The minimum absolute atomic E-state index is 0.0347. The van der Waals surface area contributed by atoms with Crippen LogP contribution in [0.15, 0.2) is 29.6 Å². The summed E-state index contributed by atoms with van der Waals surface area (Å²) < 4.78 is 4.97. The Kier molecular flexibility index (Phi) is 5.30. The van der Waals surface area contributed by atoms with E-state index in [4.69, 9.17) is 4.74 Å². The van der Waals surface area contributed by atoms with Gasteiger partial charge in [0, 0.05) is 29.4 Å². The quantitative estimate of drug-likeness (QED) is 0.891. The number of aromatic nitrogens is 1. The summed E-state index contributed by atoms with van der Waals surface area (Å²) >= 11 is 1.61. The maximum Gasteiger partial charge on any atom is 0.319 e. The molecule has 0 fully saturated rings. The molecule has 2 amide bonds. The average molecular weight is 305 g/mol. The predicted octanol–water partition coefficient (Wildman–Crippen LogP) is 3.27. The molecule has 21 heavy (non-hydrogen) atoms. The van der Waals surface area contributed by atoms with Crippen molar-refractivity contribution < 1.29 is 9.53 Å². The van der Waals surface area contributed by atoms with Crippen molar-refractivity contribution in [1.82, 2.24) is 10.3 Å². The number of rotatable bonds is 5. The lowest BCUT2D eigenvalue weighted by atomic mass is 10.2. The van der Waals surface area contributed by atoms with Crippen LogP contribution in [-0.2, 0) is 4.74 Å². The molecule has 1 unspecified atom stereocenters. The Hall–Kier alpha value is -1.92. The molecule has 2 aromatic rings. The number of hydrogen-bond donors (Lipinski definition) is 2. The second-order valence-electron chi connectivity index (χ2n) is 4.83. The first-order valence-electron chi connectivity index (χ1n) is 6.67. The van der Waals surface area contributed by atoms with Crippen LogP contribution in [-0.4, -0.2) is 30.8 Å². The fraction of sp³-hybridized carbons (Fsp3) is 0.333. The number of thiazole rings is 1. The molecule has 0 saturated heterocycles. The summed E-state index contributed by atoms with van der Waals surface area (Å²) in [6.07, 6.45) is 0. The Morgan fingerprint density at radius 3 is 2.67 bits per heavy atom. The smallest absolute Gasteiger partial charge is 0.319 e. The molecular formula is C15H19N3O2S. The maximum absolute atomic E-state index is 11.8. The highest BCUT2D eigenvalue weighted by molar-refractivity contribution is 7.13. The van der Waals surface area contributed by atoms with Crippen LogP contribution in [0, 0.1) is 6.92 Å². The fourth-order valence-corrected chi connectivity index (χ4v) is 2.67. The highest BCUT2D eigenvalue weighted by atomic mass is 32.1. The van der Waals surface area contributed by atoms with E-state index in [0.717, 1.165) is 22.0 Å². The van der Waals surface area contributed by atoms with Crippen molar-refractivity contribution in [3.05, 3.63) is 35.3 Å². The number of aryl methyl sites for hydroxylation is 1. The van der Waals surface area contributed by atoms with Crippen molar-refractivity contribution in [3.63, 3.8) is 0 Å². The van der Waals surface area contributed by atoms with Crippen molar-refractivity contribution in [3.8, 4) is 10.6 Å². The predicted molar refractivity (Wildman–Crippen MR) is 85.8 cm³/mol. The summed E-state index contributed by atoms with van der Waals surface area (Å²) in [5.74, 6) is 0. The molecule has 0 saturated carbocycles. The molecule has 1 heterocycles. The Bertz CT molecular complexity index is 595. The van der Waals surface area contributed by atoms with Crippen molar-refractivity contribution >= 4 is 23.1 Å². The lowest BCUT2D eigenvalue weighted by molar-refractivity contribution is 0.173. The van der Waals surface area contributed by atoms with Gasteiger partial charge in [0.15, 0.2) is 0 Å². The Morgan fingerprint density at radius 2 is 2.10 bits per heavy atom. The summed E-state index contributed by atoms with van der Waals surface area (Å²) in [5, 5.41) is 8.59. The molecular weight excluding hydrogens is 286 g/mol. The third-order valence-electron chi connectivity index (χ3n) is 2.80. The van der Waals surface area contributed by atoms with Crippen molar-refractivity contribution in [2.24, 2.45) is 0 Å². The second-order valence-corrected chi connectivity index (χ2v) is 5.68. The third kappa shape index (κ3) is 4.54. The molecule has 0 bridgehead atoms. The van der Waals surface area contributed by atoms with Crippen LogP contribution < -0.4 is 10.6 Å². The van der Waals surface area contributed by atoms with Gasteiger partial charge in [0.05, 0.1) is 12.6 Å². The zero-order valence-electron chi connectivity index (χ0n) is 12.3. The lowest BCUT2D eigenvalue weighted by Crippen LogP contribution is -2.38. The number of ether oxygens (including phenoxy) is 1. The zero-order chi connectivity index (χ0) is 15.2. The van der Waals surface area contributed by atoms with E-state index >= 15 is 0 Å². The number of nitrogens with one attached hydrogen (secondary N) is 2. The number of amides is 2. The van der Waals surface area contributed by atoms with Gasteiger partial charge in [-0.25, -0.2) is 9.78 Å². The van der Waals surface area contributed by atoms with Gasteiger partial charge in [0.25, 0.3) is 0 Å². The molecule has 0 radical (unpaired) electrons. The topological polar surface area (TPSA) is 63.2 Å². The van der Waals surface area contributed by atoms with Gasteiger partial charge in [0.1, 0.15) is 5.01 Å². The van der Waals surface area contributed by atoms with Crippen LogP contribution in [0.1, 0.15) is 12.6 Å². The Morgan fingerprint density at radius 1 is 1.38 bits per heavy atom. The van der Waals surface area contributed by atoms with E-state index in [2.05, 4.69) is 15.6 Å². The summed E-state index contributed by atoms with van der Waals surface area (Å²) in [4.78, 5) is 16.2. The average Bonchev–Trinajstić information content (AvgIpc) is 2.86. The number of carbonyl (C=O) groups is 1. The van der Waals surface area contributed by atoms with Crippen LogP contribution >= 0.6 is 11.3 Å². The van der Waals surface area contributed by atoms with E-state index in [9.17, 15) is 4.79 Å². The van der Waals surface area contributed by atoms with E-state index in [1.165, 1.54) is 0 Å². The van der Waals surface area contributed by atoms with Gasteiger partial charge in [0.2, 0.25) is 0 Å². The molecule has 0 aliphatic heterocycles. The highest BCUT2D eigenvalue weighted by Gasteiger charge is 2.07. The van der Waals surface area contributed by atoms with Crippen molar-refractivity contribution in [2.45, 2.75) is 19.9 Å². The molecule has 2 rings (SSSR count). The molecule has 1 aromatic heterocycles. The number of benzene rings is 1. The molecule has 0 aliphatic rings. The second kappa shape index (κ2) is 7.19. The van der Waals surface area contributed by atoms with Crippen molar-refractivity contribution in [1.29, 1.82) is 0 Å². The van der Waals surface area contributed by atoms with Gasteiger partial charge in [-0.05, 0) is 38.1 Å². The summed E-state index contributed by atoms with van der Waals surface area (Å²) in [7, 11) is 1.61. The Labute approximate surface area is 128 Å². The number of carbonyl (C=O) groups excluding carboxylic acids is 1. The lowest BCUT2D eigenvalue weighted by Gasteiger charge is -2.13. The summed E-state index contributed by atoms with van der Waals surface area (Å²) in [5.41, 5.74) is 2.81. The van der Waals surface area contributed by atoms with Gasteiger partial charge in [-0.3, -0.25) is 0 Å². The first-order chi connectivity index (χ1) is 10.1. The number of anilines is 1. The molecule has 6 heteroatoms. The van der Waals surface area contributed by atoms with Crippen molar-refractivity contribution in [2.75, 3.05) is 19.0 Å². The van der Waals surface area contributed by atoms with Crippen LogP contribution in [0.3, 0.4) is 0 Å². The number of urea groups is 1. The number of methoxy groups -OCH3 is 1. The van der Waals surface area contributed by atoms with E-state index in [0.29, 0.717) is 6.61 Å². The zero-order valence-corrected chi connectivity index (χ0v) is 13.2. The summed E-state index contributed by atoms with van der Waals surface area (Å²) in [6, 6.07) is 7.36. The van der Waals surface area contributed by atoms with Gasteiger partial charge < -0.3 is 15.4 Å². The van der Waals surface area contributed by atoms with Crippen LogP contribution in [0.5, 0.6) is 0 Å². The van der Waals surface area contributed by atoms with Crippen LogP contribution in [0.2, 0.25) is 0 Å². The number of hydrogen-bond acceptors (Lipinski definition) is 4. The van der Waals surface area contributed by atoms with E-state index in [1.807, 2.05) is 43.5 Å². The largest absolute Gasteiger partial charge is 0.383 e. The molecule has 2 N–H and O–H groups in total. The van der Waals surface area contributed by atoms with E-state index in [-0.39, 0.29) is 12.1 Å². The third-order valence-corrected chi connectivity index (χ3v) is 3.81. The van der Waals surface area contributed by atoms with Gasteiger partial charge in [-0.15, -0.1) is 11.3 Å². The Balaban J connectivity index is 1.95. The highest BCUT2D eigenvalue weighted by Crippen LogP contribution is 2.24. The molecule has 0 spiro atoms. The van der Waals surface area contributed by atoms with Crippen LogP contribution in [0.4, 0.5) is 10.5 Å². The fourth-order valence-electron chi connectivity index (χ4n) is 1.87. The van der Waals surface area contributed by atoms with Gasteiger partial charge in [-0.2, -0.15) is 0 Å². The molecule has 1 aromatic carbocycles. The standard InChI is InChI=1S/C15H19N3O2S/c1-10(8-20-3)17-15(19)18-13-6-4-12(5-7-13)14-16-11(2)9-21-14/h4-7,9-10H,8H2,1-3H3,(H2,17,18,19). The van der Waals surface area contributed by atoms with Gasteiger partial charge in [-0.1, -0.05) is 0 Å². The molecule has 1 atom stereocenters. The first kappa shape index (κ1) is 15.5. The molecule has 5 nitrogen and oxygen atoms in total. The van der Waals surface area contributed by atoms with Gasteiger partial charge >= 0.3 is 6.03 Å².